The molecule has 1 aliphatic carbocycles. The van der Waals surface area contributed by atoms with Crippen LogP contribution in [0.2, 0.25) is 0 Å². The molecule has 3 aliphatic rings. The van der Waals surface area contributed by atoms with Crippen LogP contribution in [0.1, 0.15) is 38.3 Å². The monoisotopic (exact) mass is 422 g/mol. The molecular weight excluding hydrogens is 392 g/mol. The van der Waals surface area contributed by atoms with Crippen LogP contribution >= 0.6 is 0 Å². The van der Waals surface area contributed by atoms with Crippen molar-refractivity contribution in [2.45, 2.75) is 38.8 Å². The summed E-state index contributed by atoms with van der Waals surface area (Å²) in [4.78, 5) is 31.9. The molecule has 7 nitrogen and oxygen atoms in total. The molecule has 3 heterocycles. The summed E-state index contributed by atoms with van der Waals surface area (Å²) in [6.07, 6.45) is 2.32. The number of hydrogen-bond acceptors (Lipinski definition) is 5. The van der Waals surface area contributed by atoms with Crippen molar-refractivity contribution < 1.29 is 9.53 Å². The third-order valence-electron chi connectivity index (χ3n) is 6.87. The summed E-state index contributed by atoms with van der Waals surface area (Å²) in [5, 5.41) is 3.59. The van der Waals surface area contributed by atoms with E-state index in [1.807, 2.05) is 11.0 Å². The Morgan fingerprint density at radius 2 is 1.94 bits per heavy atom. The second-order valence-electron chi connectivity index (χ2n) is 8.97. The lowest BCUT2D eigenvalue weighted by Crippen LogP contribution is -2.51. The zero-order valence-corrected chi connectivity index (χ0v) is 18.1. The molecule has 0 spiro atoms. The summed E-state index contributed by atoms with van der Waals surface area (Å²) in [6.45, 7) is 7.07. The predicted molar refractivity (Wildman–Crippen MR) is 122 cm³/mol. The van der Waals surface area contributed by atoms with E-state index in [0.29, 0.717) is 11.7 Å². The minimum atomic E-state index is -0.125. The number of morpholine rings is 1. The van der Waals surface area contributed by atoms with Gasteiger partial charge in [-0.15, -0.1) is 0 Å². The van der Waals surface area contributed by atoms with Crippen LogP contribution in [0.4, 0.5) is 17.2 Å². The third kappa shape index (κ3) is 3.82. The molecule has 0 bridgehead atoms. The van der Waals surface area contributed by atoms with Crippen molar-refractivity contribution in [1.82, 2.24) is 4.98 Å². The average Bonchev–Trinajstić information content (AvgIpc) is 3.60. The summed E-state index contributed by atoms with van der Waals surface area (Å²) in [5.74, 6) is 1.53. The SMILES string of the molecule is CC(=O)N1c2ccc(N3CCOCC3)cc2C(Nc2cccc(=O)[nH]2)C(C)[C@@H]1C1CC1. The third-order valence-corrected chi connectivity index (χ3v) is 6.87. The Morgan fingerprint density at radius 3 is 2.61 bits per heavy atom. The zero-order chi connectivity index (χ0) is 21.5. The number of aromatic nitrogens is 1. The lowest BCUT2D eigenvalue weighted by molar-refractivity contribution is -0.117. The molecule has 5 rings (SSSR count). The van der Waals surface area contributed by atoms with E-state index >= 15 is 0 Å². The lowest BCUT2D eigenvalue weighted by Gasteiger charge is -2.46. The van der Waals surface area contributed by atoms with E-state index in [4.69, 9.17) is 4.74 Å². The zero-order valence-electron chi connectivity index (χ0n) is 18.1. The highest BCUT2D eigenvalue weighted by molar-refractivity contribution is 5.94. The van der Waals surface area contributed by atoms with Gasteiger partial charge in [0.2, 0.25) is 11.5 Å². The molecule has 1 saturated carbocycles. The number of benzene rings is 1. The summed E-state index contributed by atoms with van der Waals surface area (Å²) >= 11 is 0. The van der Waals surface area contributed by atoms with Crippen molar-refractivity contribution in [2.24, 2.45) is 11.8 Å². The molecule has 7 heteroatoms. The van der Waals surface area contributed by atoms with E-state index in [1.54, 1.807) is 13.0 Å². The Bertz CT molecular complexity index is 1030. The van der Waals surface area contributed by atoms with Gasteiger partial charge in [0.1, 0.15) is 5.82 Å². The van der Waals surface area contributed by atoms with Gasteiger partial charge in [-0.3, -0.25) is 9.59 Å². The van der Waals surface area contributed by atoms with Gasteiger partial charge in [-0.1, -0.05) is 13.0 Å². The Balaban J connectivity index is 1.59. The van der Waals surface area contributed by atoms with E-state index in [9.17, 15) is 9.59 Å². The number of anilines is 3. The molecule has 0 radical (unpaired) electrons. The van der Waals surface area contributed by atoms with Gasteiger partial charge < -0.3 is 24.8 Å². The number of carbonyl (C=O) groups is 1. The van der Waals surface area contributed by atoms with Crippen molar-refractivity contribution >= 4 is 23.1 Å². The first kappa shape index (κ1) is 20.1. The van der Waals surface area contributed by atoms with Crippen LogP contribution in [0.25, 0.3) is 0 Å². The number of nitrogens with zero attached hydrogens (tertiary/aromatic N) is 2. The number of fused-ring (bicyclic) bond motifs is 1. The fourth-order valence-corrected chi connectivity index (χ4v) is 5.27. The Morgan fingerprint density at radius 1 is 1.16 bits per heavy atom. The normalized spacial score (nSPS) is 25.8. The van der Waals surface area contributed by atoms with Crippen LogP contribution in [-0.4, -0.2) is 43.2 Å². The van der Waals surface area contributed by atoms with Gasteiger partial charge in [-0.05, 0) is 43.0 Å². The van der Waals surface area contributed by atoms with Crippen molar-refractivity contribution in [3.63, 3.8) is 0 Å². The molecule has 2 aliphatic heterocycles. The number of pyridine rings is 1. The van der Waals surface area contributed by atoms with Crippen LogP contribution in [-0.2, 0) is 9.53 Å². The minimum absolute atomic E-state index is 0.00441. The number of carbonyl (C=O) groups excluding carboxylic acids is 1. The molecule has 1 aromatic heterocycles. The van der Waals surface area contributed by atoms with Gasteiger partial charge in [0.05, 0.1) is 19.3 Å². The number of ether oxygens (including phenoxy) is 1. The first-order chi connectivity index (χ1) is 15.0. The van der Waals surface area contributed by atoms with E-state index in [2.05, 4.69) is 40.3 Å². The maximum Gasteiger partial charge on any atom is 0.249 e. The first-order valence-electron chi connectivity index (χ1n) is 11.3. The Kier molecular flexibility index (Phi) is 5.22. The van der Waals surface area contributed by atoms with Gasteiger partial charge in [-0.2, -0.15) is 0 Å². The van der Waals surface area contributed by atoms with Gasteiger partial charge in [0.25, 0.3) is 0 Å². The number of nitrogens with one attached hydrogen (secondary N) is 2. The highest BCUT2D eigenvalue weighted by Crippen LogP contribution is 2.50. The summed E-state index contributed by atoms with van der Waals surface area (Å²) < 4.78 is 5.52. The van der Waals surface area contributed by atoms with E-state index < -0.39 is 0 Å². The average molecular weight is 423 g/mol. The highest BCUT2D eigenvalue weighted by atomic mass is 16.5. The van der Waals surface area contributed by atoms with E-state index in [1.165, 1.54) is 6.07 Å². The topological polar surface area (TPSA) is 77.7 Å². The first-order valence-corrected chi connectivity index (χ1v) is 11.3. The van der Waals surface area contributed by atoms with Gasteiger partial charge in [0, 0.05) is 55.0 Å². The van der Waals surface area contributed by atoms with Crippen LogP contribution < -0.4 is 20.7 Å². The molecule has 2 aromatic rings. The summed E-state index contributed by atoms with van der Waals surface area (Å²) in [5.41, 5.74) is 3.11. The van der Waals surface area contributed by atoms with Crippen LogP contribution in [0.15, 0.2) is 41.2 Å². The van der Waals surface area contributed by atoms with Crippen molar-refractivity contribution in [3.05, 3.63) is 52.3 Å². The predicted octanol–water partition coefficient (Wildman–Crippen LogP) is 3.15. The van der Waals surface area contributed by atoms with E-state index in [-0.39, 0.29) is 29.5 Å². The molecule has 1 amide bonds. The molecule has 1 saturated heterocycles. The lowest BCUT2D eigenvalue weighted by atomic mass is 9.79. The summed E-state index contributed by atoms with van der Waals surface area (Å²) in [6, 6.07) is 11.8. The van der Waals surface area contributed by atoms with Gasteiger partial charge >= 0.3 is 0 Å². The molecule has 2 N–H and O–H groups in total. The number of H-pyrrole nitrogens is 1. The van der Waals surface area contributed by atoms with E-state index in [0.717, 1.165) is 56.1 Å². The number of aromatic amines is 1. The molecule has 3 atom stereocenters. The summed E-state index contributed by atoms with van der Waals surface area (Å²) in [7, 11) is 0. The molecule has 164 valence electrons. The smallest absolute Gasteiger partial charge is 0.249 e. The molecular formula is C24H30N4O3. The van der Waals surface area contributed by atoms with Crippen molar-refractivity contribution in [3.8, 4) is 0 Å². The van der Waals surface area contributed by atoms with Gasteiger partial charge in [-0.25, -0.2) is 0 Å². The second kappa shape index (κ2) is 8.04. The highest BCUT2D eigenvalue weighted by Gasteiger charge is 2.47. The van der Waals surface area contributed by atoms with Crippen LogP contribution in [0, 0.1) is 11.8 Å². The number of rotatable bonds is 4. The fraction of sp³-hybridized carbons (Fsp3) is 0.500. The molecule has 2 fully saturated rings. The van der Waals surface area contributed by atoms with Gasteiger partial charge in [0.15, 0.2) is 0 Å². The van der Waals surface area contributed by atoms with Crippen LogP contribution in [0.3, 0.4) is 0 Å². The quantitative estimate of drug-likeness (QED) is 0.792. The minimum Gasteiger partial charge on any atom is -0.378 e. The largest absolute Gasteiger partial charge is 0.378 e. The van der Waals surface area contributed by atoms with Crippen molar-refractivity contribution in [1.29, 1.82) is 0 Å². The second-order valence-corrected chi connectivity index (χ2v) is 8.97. The molecule has 31 heavy (non-hydrogen) atoms. The maximum atomic E-state index is 12.8. The Hall–Kier alpha value is -2.80. The molecule has 1 aromatic carbocycles. The fourth-order valence-electron chi connectivity index (χ4n) is 5.27. The van der Waals surface area contributed by atoms with Crippen LogP contribution in [0.5, 0.6) is 0 Å². The molecule has 2 unspecified atom stereocenters. The Labute approximate surface area is 182 Å². The van der Waals surface area contributed by atoms with Crippen molar-refractivity contribution in [2.75, 3.05) is 41.4 Å². The maximum absolute atomic E-state index is 12.8. The number of amides is 1. The standard InChI is InChI=1S/C24H30N4O3/c1-15-23(26-21-4-3-5-22(30)25-21)19-14-18(27-10-12-31-13-11-27)8-9-20(19)28(16(2)29)24(15)17-6-7-17/h3-5,8-9,14-15,17,23-24H,6-7,10-13H2,1-2H3,(H2,25,26,30)/t15?,23?,24-/m1/s1. The number of hydrogen-bond donors (Lipinski definition) is 2.